The van der Waals surface area contributed by atoms with Crippen LogP contribution in [0.15, 0.2) is 16.9 Å². The maximum Gasteiger partial charge on any atom is 0.202 e. The van der Waals surface area contributed by atoms with Crippen LogP contribution >= 0.6 is 0 Å². The minimum atomic E-state index is 0.468. The van der Waals surface area contributed by atoms with Crippen LogP contribution in [0.1, 0.15) is 18.3 Å². The van der Waals surface area contributed by atoms with Gasteiger partial charge in [-0.25, -0.2) is 4.98 Å². The topological polar surface area (TPSA) is 87.7 Å². The third-order valence-corrected chi connectivity index (χ3v) is 2.97. The molecule has 3 heterocycles. The molecule has 0 radical (unpaired) electrons. The van der Waals surface area contributed by atoms with Gasteiger partial charge < -0.3 is 10.3 Å². The van der Waals surface area contributed by atoms with Gasteiger partial charge in [0.05, 0.1) is 12.2 Å². The third kappa shape index (κ3) is 1.47. The predicted molar refractivity (Wildman–Crippen MR) is 65.9 cm³/mol. The van der Waals surface area contributed by atoms with Gasteiger partial charge in [0.25, 0.3) is 0 Å². The summed E-state index contributed by atoms with van der Waals surface area (Å²) < 4.78 is 8.52. The van der Waals surface area contributed by atoms with Crippen molar-refractivity contribution in [3.8, 4) is 0 Å². The summed E-state index contributed by atoms with van der Waals surface area (Å²) in [6, 6.07) is 1.81. The smallest absolute Gasteiger partial charge is 0.202 e. The fourth-order valence-electron chi connectivity index (χ4n) is 2.13. The molecule has 0 aromatic carbocycles. The van der Waals surface area contributed by atoms with Gasteiger partial charge in [-0.15, -0.1) is 0 Å². The molecule has 3 aromatic heterocycles. The van der Waals surface area contributed by atoms with Crippen LogP contribution in [-0.4, -0.2) is 24.5 Å². The summed E-state index contributed by atoms with van der Waals surface area (Å²) in [6.07, 6.45) is 2.37. The first-order valence-corrected chi connectivity index (χ1v) is 5.77. The lowest BCUT2D eigenvalue weighted by Gasteiger charge is -2.03. The second-order valence-electron chi connectivity index (χ2n) is 4.14. The number of nitrogens with zero attached hydrogens (tertiary/aromatic N) is 5. The molecule has 0 saturated heterocycles. The average Bonchev–Trinajstić information content (AvgIpc) is 3.01. The Kier molecular flexibility index (Phi) is 2.32. The van der Waals surface area contributed by atoms with E-state index in [1.165, 1.54) is 0 Å². The van der Waals surface area contributed by atoms with Gasteiger partial charge in [0.1, 0.15) is 17.5 Å². The molecule has 0 amide bonds. The van der Waals surface area contributed by atoms with E-state index in [1.54, 1.807) is 10.9 Å². The van der Waals surface area contributed by atoms with Crippen LogP contribution in [0.3, 0.4) is 0 Å². The van der Waals surface area contributed by atoms with Crippen molar-refractivity contribution in [2.75, 3.05) is 5.73 Å². The molecule has 0 atom stereocenters. The van der Waals surface area contributed by atoms with Crippen molar-refractivity contribution in [3.05, 3.63) is 23.7 Å². The van der Waals surface area contributed by atoms with Crippen LogP contribution in [0.4, 0.5) is 5.95 Å². The quantitative estimate of drug-likeness (QED) is 0.743. The molecular formula is C11H14N6O. The average molecular weight is 246 g/mol. The van der Waals surface area contributed by atoms with Crippen LogP contribution in [0, 0.1) is 0 Å². The van der Waals surface area contributed by atoms with E-state index in [0.29, 0.717) is 12.5 Å². The predicted octanol–water partition coefficient (Wildman–Crippen LogP) is 0.951. The maximum atomic E-state index is 5.96. The van der Waals surface area contributed by atoms with E-state index >= 15 is 0 Å². The first kappa shape index (κ1) is 10.8. The van der Waals surface area contributed by atoms with Crippen molar-refractivity contribution in [2.45, 2.75) is 19.9 Å². The lowest BCUT2D eigenvalue weighted by Crippen LogP contribution is -2.08. The van der Waals surface area contributed by atoms with Gasteiger partial charge in [-0.05, 0) is 6.42 Å². The van der Waals surface area contributed by atoms with Gasteiger partial charge in [-0.2, -0.15) is 5.10 Å². The van der Waals surface area contributed by atoms with Crippen molar-refractivity contribution in [1.29, 1.82) is 0 Å². The molecule has 18 heavy (non-hydrogen) atoms. The van der Waals surface area contributed by atoms with E-state index in [0.717, 1.165) is 29.0 Å². The van der Waals surface area contributed by atoms with Crippen molar-refractivity contribution >= 4 is 17.1 Å². The van der Waals surface area contributed by atoms with Gasteiger partial charge in [0.15, 0.2) is 5.65 Å². The number of anilines is 1. The summed E-state index contributed by atoms with van der Waals surface area (Å²) in [5.41, 5.74) is 9.49. The van der Waals surface area contributed by atoms with Crippen molar-refractivity contribution in [2.24, 2.45) is 7.05 Å². The Morgan fingerprint density at radius 2 is 2.28 bits per heavy atom. The normalized spacial score (nSPS) is 11.4. The number of nitrogen functional groups attached to an aromatic ring is 1. The number of nitrogens with two attached hydrogens (primary N) is 1. The summed E-state index contributed by atoms with van der Waals surface area (Å²) in [4.78, 5) is 4.38. The molecule has 7 nitrogen and oxygen atoms in total. The summed E-state index contributed by atoms with van der Waals surface area (Å²) in [7, 11) is 1.89. The molecule has 0 spiro atoms. The third-order valence-electron chi connectivity index (χ3n) is 2.97. The summed E-state index contributed by atoms with van der Waals surface area (Å²) in [5, 5.41) is 8.32. The SMILES string of the molecule is CCc1nn(C)c2c1nc(N)n2Cc1ccon1. The molecule has 0 aliphatic carbocycles. The molecule has 2 N–H and O–H groups in total. The van der Waals surface area contributed by atoms with E-state index in [1.807, 2.05) is 17.7 Å². The Labute approximate surface area is 103 Å². The molecular weight excluding hydrogens is 232 g/mol. The Balaban J connectivity index is 2.16. The van der Waals surface area contributed by atoms with Crippen LogP contribution < -0.4 is 5.73 Å². The van der Waals surface area contributed by atoms with Crippen molar-refractivity contribution < 1.29 is 4.52 Å². The number of hydrogen-bond donors (Lipinski definition) is 1. The molecule has 3 aromatic rings. The number of imidazole rings is 1. The van der Waals surface area contributed by atoms with E-state index in [2.05, 4.69) is 22.2 Å². The zero-order valence-electron chi connectivity index (χ0n) is 10.3. The van der Waals surface area contributed by atoms with E-state index in [-0.39, 0.29) is 0 Å². The first-order valence-electron chi connectivity index (χ1n) is 5.77. The highest BCUT2D eigenvalue weighted by atomic mass is 16.5. The lowest BCUT2D eigenvalue weighted by atomic mass is 10.3. The number of fused-ring (bicyclic) bond motifs is 1. The molecule has 0 unspecified atom stereocenters. The highest BCUT2D eigenvalue weighted by Crippen LogP contribution is 2.22. The highest BCUT2D eigenvalue weighted by Gasteiger charge is 2.17. The van der Waals surface area contributed by atoms with E-state index in [9.17, 15) is 0 Å². The van der Waals surface area contributed by atoms with Crippen LogP contribution in [0.2, 0.25) is 0 Å². The molecule has 0 bridgehead atoms. The standard InChI is InChI=1S/C11H14N6O/c1-3-8-9-10(16(2)14-8)17(11(12)13-9)6-7-4-5-18-15-7/h4-5H,3,6H2,1-2H3,(H2,12,13). The molecule has 0 saturated carbocycles. The Bertz CT molecular complexity index is 678. The number of rotatable bonds is 3. The molecule has 0 aliphatic heterocycles. The second-order valence-corrected chi connectivity index (χ2v) is 4.14. The largest absolute Gasteiger partial charge is 0.369 e. The second kappa shape index (κ2) is 3.86. The molecule has 3 rings (SSSR count). The minimum absolute atomic E-state index is 0.468. The van der Waals surface area contributed by atoms with Crippen molar-refractivity contribution in [3.63, 3.8) is 0 Å². The van der Waals surface area contributed by atoms with Gasteiger partial charge in [0, 0.05) is 13.1 Å². The van der Waals surface area contributed by atoms with Crippen molar-refractivity contribution in [1.82, 2.24) is 24.5 Å². The number of aryl methyl sites for hydroxylation is 2. The Morgan fingerprint density at radius 3 is 2.94 bits per heavy atom. The highest BCUT2D eigenvalue weighted by molar-refractivity contribution is 5.77. The van der Waals surface area contributed by atoms with Crippen LogP contribution in [-0.2, 0) is 20.0 Å². The van der Waals surface area contributed by atoms with Crippen LogP contribution in [0.5, 0.6) is 0 Å². The van der Waals surface area contributed by atoms with Gasteiger partial charge in [-0.3, -0.25) is 9.25 Å². The fourth-order valence-corrected chi connectivity index (χ4v) is 2.13. The molecule has 94 valence electrons. The molecule has 0 fully saturated rings. The lowest BCUT2D eigenvalue weighted by molar-refractivity contribution is 0.410. The Hall–Kier alpha value is -2.31. The van der Waals surface area contributed by atoms with E-state index < -0.39 is 0 Å². The maximum absolute atomic E-state index is 5.96. The zero-order chi connectivity index (χ0) is 12.7. The molecule has 7 heteroatoms. The summed E-state index contributed by atoms with van der Waals surface area (Å²) in [6.45, 7) is 2.58. The van der Waals surface area contributed by atoms with Gasteiger partial charge in [-0.1, -0.05) is 12.1 Å². The monoisotopic (exact) mass is 246 g/mol. The number of aromatic nitrogens is 5. The van der Waals surface area contributed by atoms with E-state index in [4.69, 9.17) is 10.3 Å². The summed E-state index contributed by atoms with van der Waals surface area (Å²) in [5.74, 6) is 0.468. The Morgan fingerprint density at radius 1 is 1.44 bits per heavy atom. The molecule has 0 aliphatic rings. The summed E-state index contributed by atoms with van der Waals surface area (Å²) >= 11 is 0. The number of hydrogen-bond acceptors (Lipinski definition) is 5. The minimum Gasteiger partial charge on any atom is -0.369 e. The first-order chi connectivity index (χ1) is 8.70. The fraction of sp³-hybridized carbons (Fsp3) is 0.364. The van der Waals surface area contributed by atoms with Gasteiger partial charge >= 0.3 is 0 Å². The van der Waals surface area contributed by atoms with Gasteiger partial charge in [0.2, 0.25) is 5.95 Å². The van der Waals surface area contributed by atoms with Crippen LogP contribution in [0.25, 0.3) is 11.2 Å². The zero-order valence-corrected chi connectivity index (χ0v) is 10.3.